The number of benzene rings is 1. The SMILES string of the molecule is CCOC(=O)C1=C(CN2CC(F)(F)[C@@H]3[C@H]2CCN3CC(=O)O)NC(c2nccs2)=N[C@H]1c1cccc(F)c1C. The molecule has 1 aromatic carbocycles. The number of hydrogen-bond acceptors (Lipinski definition) is 9. The van der Waals surface area contributed by atoms with Crippen LogP contribution in [0.3, 0.4) is 0 Å². The minimum atomic E-state index is -3.15. The van der Waals surface area contributed by atoms with E-state index in [1.54, 1.807) is 36.4 Å². The van der Waals surface area contributed by atoms with Gasteiger partial charge in [0.25, 0.3) is 5.92 Å². The van der Waals surface area contributed by atoms with Crippen molar-refractivity contribution >= 4 is 29.1 Å². The number of likely N-dealkylation sites (tertiary alicyclic amines) is 2. The quantitative estimate of drug-likeness (QED) is 0.473. The molecule has 2 aromatic rings. The van der Waals surface area contributed by atoms with Gasteiger partial charge >= 0.3 is 11.9 Å². The smallest absolute Gasteiger partial charge is 0.338 e. The Labute approximate surface area is 227 Å². The Kier molecular flexibility index (Phi) is 7.49. The van der Waals surface area contributed by atoms with Gasteiger partial charge in [0.1, 0.15) is 11.9 Å². The fourth-order valence-electron chi connectivity index (χ4n) is 5.74. The van der Waals surface area contributed by atoms with Crippen molar-refractivity contribution in [1.82, 2.24) is 20.1 Å². The lowest BCUT2D eigenvalue weighted by Crippen LogP contribution is -2.47. The topological polar surface area (TPSA) is 107 Å². The summed E-state index contributed by atoms with van der Waals surface area (Å²) in [5.41, 5.74) is 1.18. The van der Waals surface area contributed by atoms with E-state index >= 15 is 8.78 Å². The summed E-state index contributed by atoms with van der Waals surface area (Å²) in [4.78, 5) is 36.6. The van der Waals surface area contributed by atoms with Crippen LogP contribution in [0.1, 0.15) is 35.5 Å². The van der Waals surface area contributed by atoms with Crippen LogP contribution in [0.25, 0.3) is 0 Å². The lowest BCUT2D eigenvalue weighted by atomic mass is 9.92. The Morgan fingerprint density at radius 2 is 2.10 bits per heavy atom. The predicted molar refractivity (Wildman–Crippen MR) is 137 cm³/mol. The van der Waals surface area contributed by atoms with Crippen molar-refractivity contribution in [3.8, 4) is 0 Å². The van der Waals surface area contributed by atoms with Crippen molar-refractivity contribution in [3.05, 3.63) is 63.0 Å². The van der Waals surface area contributed by atoms with Crippen LogP contribution in [0.5, 0.6) is 0 Å². The molecule has 5 rings (SSSR count). The summed E-state index contributed by atoms with van der Waals surface area (Å²) in [6.45, 7) is 2.40. The molecule has 0 amide bonds. The van der Waals surface area contributed by atoms with E-state index in [2.05, 4.69) is 10.3 Å². The number of rotatable bonds is 8. The molecule has 2 N–H and O–H groups in total. The van der Waals surface area contributed by atoms with E-state index in [0.717, 1.165) is 0 Å². The lowest BCUT2D eigenvalue weighted by Gasteiger charge is -2.31. The van der Waals surface area contributed by atoms with Gasteiger partial charge in [-0.25, -0.2) is 22.9 Å². The summed E-state index contributed by atoms with van der Waals surface area (Å²) in [5, 5.41) is 14.6. The first kappa shape index (κ1) is 27.3. The lowest BCUT2D eigenvalue weighted by molar-refractivity contribution is -0.140. The number of aliphatic carboxylic acids is 1. The summed E-state index contributed by atoms with van der Waals surface area (Å²) < 4.78 is 50.5. The highest BCUT2D eigenvalue weighted by Crippen LogP contribution is 2.42. The molecule has 0 spiro atoms. The Morgan fingerprint density at radius 3 is 2.79 bits per heavy atom. The summed E-state index contributed by atoms with van der Waals surface area (Å²) in [6.07, 6.45) is 1.95. The zero-order valence-corrected chi connectivity index (χ0v) is 22.2. The van der Waals surface area contributed by atoms with E-state index < -0.39 is 54.9 Å². The molecule has 0 aliphatic carbocycles. The van der Waals surface area contributed by atoms with Crippen LogP contribution in [0.15, 0.2) is 46.0 Å². The summed E-state index contributed by atoms with van der Waals surface area (Å²) >= 11 is 1.31. The van der Waals surface area contributed by atoms with Gasteiger partial charge in [-0.2, -0.15) is 0 Å². The van der Waals surface area contributed by atoms with Gasteiger partial charge in [0.2, 0.25) is 0 Å². The van der Waals surface area contributed by atoms with Crippen molar-refractivity contribution in [2.24, 2.45) is 4.99 Å². The number of carboxylic acids is 1. The number of fused-ring (bicyclic) bond motifs is 1. The number of carbonyl (C=O) groups is 2. The molecule has 0 unspecified atom stereocenters. The first-order chi connectivity index (χ1) is 18.6. The number of carbonyl (C=O) groups excluding carboxylic acids is 1. The Morgan fingerprint density at radius 1 is 1.31 bits per heavy atom. The van der Waals surface area contributed by atoms with E-state index in [1.165, 1.54) is 28.4 Å². The molecule has 2 fully saturated rings. The van der Waals surface area contributed by atoms with Crippen LogP contribution in [0.2, 0.25) is 0 Å². The molecule has 208 valence electrons. The maximum atomic E-state index is 15.2. The number of alkyl halides is 2. The molecular weight excluding hydrogens is 535 g/mol. The number of ether oxygens (including phenoxy) is 1. The van der Waals surface area contributed by atoms with Gasteiger partial charge in [-0.1, -0.05) is 12.1 Å². The highest BCUT2D eigenvalue weighted by atomic mass is 32.1. The average molecular weight is 564 g/mol. The Bertz CT molecular complexity index is 1330. The van der Waals surface area contributed by atoms with Crippen LogP contribution in [0, 0.1) is 12.7 Å². The highest BCUT2D eigenvalue weighted by molar-refractivity contribution is 7.11. The fraction of sp³-hybridized carbons (Fsp3) is 0.462. The van der Waals surface area contributed by atoms with E-state index in [0.29, 0.717) is 34.1 Å². The second-order valence-corrected chi connectivity index (χ2v) is 10.6. The maximum absolute atomic E-state index is 15.2. The van der Waals surface area contributed by atoms with Crippen LogP contribution >= 0.6 is 11.3 Å². The third-order valence-electron chi connectivity index (χ3n) is 7.35. The Balaban J connectivity index is 1.58. The number of aliphatic imine (C=N–C) groups is 1. The summed E-state index contributed by atoms with van der Waals surface area (Å²) in [7, 11) is 0. The van der Waals surface area contributed by atoms with Gasteiger partial charge in [-0.15, -0.1) is 11.3 Å². The molecule has 0 saturated carbocycles. The van der Waals surface area contributed by atoms with Gasteiger partial charge in [-0.05, 0) is 37.5 Å². The maximum Gasteiger partial charge on any atom is 0.338 e. The molecule has 2 saturated heterocycles. The molecule has 3 aliphatic rings. The van der Waals surface area contributed by atoms with Gasteiger partial charge in [0.15, 0.2) is 10.8 Å². The predicted octanol–water partition coefficient (Wildman–Crippen LogP) is 2.98. The zero-order valence-electron chi connectivity index (χ0n) is 21.4. The minimum Gasteiger partial charge on any atom is -0.480 e. The van der Waals surface area contributed by atoms with Crippen LogP contribution in [-0.4, -0.2) is 88.5 Å². The fourth-order valence-corrected chi connectivity index (χ4v) is 6.33. The van der Waals surface area contributed by atoms with Crippen molar-refractivity contribution < 1.29 is 32.6 Å². The number of esters is 1. The summed E-state index contributed by atoms with van der Waals surface area (Å²) in [6, 6.07) is 1.69. The molecule has 1 aromatic heterocycles. The normalized spacial score (nSPS) is 24.8. The second-order valence-electron chi connectivity index (χ2n) is 9.74. The van der Waals surface area contributed by atoms with Crippen molar-refractivity contribution in [1.29, 1.82) is 0 Å². The number of halogens is 3. The number of carboxylic acid groups (broad SMARTS) is 1. The van der Waals surface area contributed by atoms with Crippen molar-refractivity contribution in [3.63, 3.8) is 0 Å². The van der Waals surface area contributed by atoms with E-state index in [1.807, 2.05) is 0 Å². The number of aromatic nitrogens is 1. The monoisotopic (exact) mass is 563 g/mol. The first-order valence-electron chi connectivity index (χ1n) is 12.6. The molecule has 3 aliphatic heterocycles. The average Bonchev–Trinajstić information content (AvgIpc) is 3.60. The molecule has 4 heterocycles. The largest absolute Gasteiger partial charge is 0.480 e. The van der Waals surface area contributed by atoms with Crippen LogP contribution in [0.4, 0.5) is 13.2 Å². The highest BCUT2D eigenvalue weighted by Gasteiger charge is 2.59. The molecule has 0 radical (unpaired) electrons. The standard InChI is InChI=1S/C26H28F3N5O4S/c1-3-38-25(37)20-17(11-34-13-26(28,29)22-18(34)7-9-33(22)12-19(35)36)31-23(24-30-8-10-39-24)32-21(20)15-5-4-6-16(27)14(15)2/h4-6,8,10,18,21-22H,3,7,9,11-13H2,1-2H3,(H,31,32)(H,35,36)/t18-,21+,22+/m1/s1. The molecule has 0 bridgehead atoms. The van der Waals surface area contributed by atoms with E-state index in [9.17, 15) is 19.1 Å². The van der Waals surface area contributed by atoms with E-state index in [-0.39, 0.29) is 25.3 Å². The molecule has 3 atom stereocenters. The molecule has 9 nitrogen and oxygen atoms in total. The third kappa shape index (κ3) is 5.18. The van der Waals surface area contributed by atoms with Gasteiger partial charge < -0.3 is 15.2 Å². The first-order valence-corrected chi connectivity index (χ1v) is 13.5. The third-order valence-corrected chi connectivity index (χ3v) is 8.13. The van der Waals surface area contributed by atoms with E-state index in [4.69, 9.17) is 9.73 Å². The number of hydrogen-bond donors (Lipinski definition) is 2. The van der Waals surface area contributed by atoms with Crippen LogP contribution in [-0.2, 0) is 14.3 Å². The second kappa shape index (κ2) is 10.7. The summed E-state index contributed by atoms with van der Waals surface area (Å²) in [5.74, 6) is -5.13. The number of amidine groups is 1. The van der Waals surface area contributed by atoms with Crippen LogP contribution < -0.4 is 5.32 Å². The molecular formula is C26H28F3N5O4S. The number of nitrogens with zero attached hydrogens (tertiary/aromatic N) is 4. The molecule has 13 heteroatoms. The zero-order chi connectivity index (χ0) is 27.9. The number of nitrogens with one attached hydrogen (secondary N) is 1. The Hall–Kier alpha value is -3.29. The molecule has 39 heavy (non-hydrogen) atoms. The van der Waals surface area contributed by atoms with Gasteiger partial charge in [0.05, 0.1) is 31.3 Å². The van der Waals surface area contributed by atoms with Gasteiger partial charge in [0, 0.05) is 36.4 Å². The van der Waals surface area contributed by atoms with Gasteiger partial charge in [-0.3, -0.25) is 19.6 Å². The van der Waals surface area contributed by atoms with Crippen molar-refractivity contribution in [2.45, 2.75) is 44.3 Å². The number of thiazole rings is 1. The minimum absolute atomic E-state index is 0.0684. The van der Waals surface area contributed by atoms with Crippen molar-refractivity contribution in [2.75, 3.05) is 32.8 Å².